The highest BCUT2D eigenvalue weighted by Gasteiger charge is 2.31. The summed E-state index contributed by atoms with van der Waals surface area (Å²) in [5.74, 6) is -0.121. The van der Waals surface area contributed by atoms with Crippen LogP contribution in [0.15, 0.2) is 83.0 Å². The third kappa shape index (κ3) is 5.83. The molecule has 1 aliphatic heterocycles. The SMILES string of the molecule is CCCCC[N+]1(Cc2ccc(-c3cccnc3C(=O)O)cc2)C=NC(CCc2ccccc2)=N1. The lowest BCUT2D eigenvalue weighted by Gasteiger charge is -2.25. The number of hydrogen-bond acceptors (Lipinski definition) is 4. The lowest BCUT2D eigenvalue weighted by atomic mass is 10.0. The Morgan fingerprint density at radius 3 is 2.44 bits per heavy atom. The monoisotopic (exact) mass is 455 g/mol. The molecule has 0 aliphatic carbocycles. The van der Waals surface area contributed by atoms with Gasteiger partial charge < -0.3 is 5.11 Å². The highest BCUT2D eigenvalue weighted by molar-refractivity contribution is 5.93. The van der Waals surface area contributed by atoms with E-state index >= 15 is 0 Å². The molecule has 174 valence electrons. The van der Waals surface area contributed by atoms with Gasteiger partial charge in [-0.15, -0.1) is 0 Å². The molecule has 3 aromatic rings. The van der Waals surface area contributed by atoms with Crippen molar-refractivity contribution in [1.82, 2.24) is 4.98 Å². The standard InChI is InChI=1S/C28H30N4O2/c1-2-3-7-19-32(21-30-26(31-32)17-14-22-9-5-4-6-10-22)20-23-12-15-24(16-13-23)25-11-8-18-29-27(25)28(33)34/h4-6,8-13,15-16,18,21H,2-3,7,14,17,19-20H2,1H3/p+1. The number of benzene rings is 2. The summed E-state index contributed by atoms with van der Waals surface area (Å²) < 4.78 is 0.483. The van der Waals surface area contributed by atoms with Crippen molar-refractivity contribution >= 4 is 18.1 Å². The number of aromatic nitrogens is 1. The quantitative estimate of drug-likeness (QED) is 0.287. The Labute approximate surface area is 200 Å². The molecule has 0 saturated heterocycles. The number of pyridine rings is 1. The maximum absolute atomic E-state index is 11.5. The number of hydrogen-bond donors (Lipinski definition) is 1. The molecule has 34 heavy (non-hydrogen) atoms. The van der Waals surface area contributed by atoms with Crippen LogP contribution in [0.4, 0.5) is 0 Å². The molecule has 1 unspecified atom stereocenters. The first-order valence-corrected chi connectivity index (χ1v) is 11.9. The fraction of sp³-hybridized carbons (Fsp3) is 0.286. The number of nitrogens with zero attached hydrogens (tertiary/aromatic N) is 4. The van der Waals surface area contributed by atoms with Gasteiger partial charge in [-0.3, -0.25) is 0 Å². The van der Waals surface area contributed by atoms with Crippen LogP contribution in [0.25, 0.3) is 11.1 Å². The number of unbranched alkanes of at least 4 members (excludes halogenated alkanes) is 2. The van der Waals surface area contributed by atoms with E-state index < -0.39 is 5.97 Å². The Morgan fingerprint density at radius 1 is 0.912 bits per heavy atom. The summed E-state index contributed by atoms with van der Waals surface area (Å²) in [6.07, 6.45) is 8.67. The van der Waals surface area contributed by atoms with E-state index in [-0.39, 0.29) is 5.69 Å². The Hall–Kier alpha value is -3.64. The van der Waals surface area contributed by atoms with Gasteiger partial charge in [0.05, 0.1) is 0 Å². The fourth-order valence-electron chi connectivity index (χ4n) is 4.28. The van der Waals surface area contributed by atoms with Gasteiger partial charge in [0.15, 0.2) is 11.5 Å². The van der Waals surface area contributed by atoms with Crippen LogP contribution in [0.2, 0.25) is 0 Å². The van der Waals surface area contributed by atoms with Gasteiger partial charge in [-0.1, -0.05) is 79.1 Å². The molecular formula is C28H31N4O2+. The lowest BCUT2D eigenvalue weighted by molar-refractivity contribution is -0.853. The summed E-state index contributed by atoms with van der Waals surface area (Å²) >= 11 is 0. The molecule has 2 aromatic carbocycles. The number of carboxylic acids is 1. The molecular weight excluding hydrogens is 424 g/mol. The zero-order valence-corrected chi connectivity index (χ0v) is 19.6. The number of amidine groups is 1. The number of aromatic carboxylic acids is 1. The molecule has 6 nitrogen and oxygen atoms in total. The van der Waals surface area contributed by atoms with Crippen LogP contribution in [0.1, 0.15) is 54.2 Å². The first kappa shape index (κ1) is 23.5. The van der Waals surface area contributed by atoms with Gasteiger partial charge in [0.2, 0.25) is 6.34 Å². The van der Waals surface area contributed by atoms with E-state index in [0.717, 1.165) is 55.7 Å². The minimum atomic E-state index is -1.02. The van der Waals surface area contributed by atoms with E-state index in [1.807, 2.05) is 24.5 Å². The highest BCUT2D eigenvalue weighted by atomic mass is 16.4. The van der Waals surface area contributed by atoms with Crippen LogP contribution in [-0.2, 0) is 13.0 Å². The highest BCUT2D eigenvalue weighted by Crippen LogP contribution is 2.26. The molecule has 0 spiro atoms. The second kappa shape index (κ2) is 11.0. The molecule has 0 bridgehead atoms. The molecule has 4 rings (SSSR count). The van der Waals surface area contributed by atoms with Gasteiger partial charge in [0.1, 0.15) is 13.1 Å². The minimum absolute atomic E-state index is 0.0673. The summed E-state index contributed by atoms with van der Waals surface area (Å²) in [4.78, 5) is 20.3. The van der Waals surface area contributed by atoms with Crippen molar-refractivity contribution in [2.45, 2.75) is 45.6 Å². The van der Waals surface area contributed by atoms with E-state index in [2.05, 4.69) is 48.3 Å². The molecule has 0 radical (unpaired) electrons. The fourth-order valence-corrected chi connectivity index (χ4v) is 4.28. The van der Waals surface area contributed by atoms with Crippen molar-refractivity contribution in [3.05, 3.63) is 89.7 Å². The average Bonchev–Trinajstić information content (AvgIpc) is 3.27. The predicted octanol–water partition coefficient (Wildman–Crippen LogP) is 5.94. The summed E-state index contributed by atoms with van der Waals surface area (Å²) in [6.45, 7) is 3.85. The van der Waals surface area contributed by atoms with Crippen molar-refractivity contribution in [2.75, 3.05) is 6.54 Å². The van der Waals surface area contributed by atoms with Crippen molar-refractivity contribution in [2.24, 2.45) is 10.1 Å². The first-order chi connectivity index (χ1) is 16.6. The molecule has 2 heterocycles. The summed E-state index contributed by atoms with van der Waals surface area (Å²) in [6, 6.07) is 22.0. The lowest BCUT2D eigenvalue weighted by Crippen LogP contribution is -2.40. The summed E-state index contributed by atoms with van der Waals surface area (Å²) in [5, 5.41) is 14.5. The molecule has 0 amide bonds. The van der Waals surface area contributed by atoms with E-state index in [9.17, 15) is 9.90 Å². The number of aryl methyl sites for hydroxylation is 1. The Morgan fingerprint density at radius 2 is 1.71 bits per heavy atom. The van der Waals surface area contributed by atoms with Gasteiger partial charge in [-0.05, 0) is 36.5 Å². The van der Waals surface area contributed by atoms with Gasteiger partial charge in [-0.2, -0.15) is 9.58 Å². The zero-order chi connectivity index (χ0) is 23.8. The number of quaternary nitrogens is 1. The Bertz CT molecular complexity index is 1170. The number of rotatable bonds is 11. The average molecular weight is 456 g/mol. The van der Waals surface area contributed by atoms with E-state index in [4.69, 9.17) is 10.1 Å². The number of carbonyl (C=O) groups is 1. The van der Waals surface area contributed by atoms with Crippen molar-refractivity contribution < 1.29 is 14.5 Å². The molecule has 1 aromatic heterocycles. The predicted molar refractivity (Wildman–Crippen MR) is 136 cm³/mol. The van der Waals surface area contributed by atoms with E-state index in [1.54, 1.807) is 12.1 Å². The maximum atomic E-state index is 11.5. The van der Waals surface area contributed by atoms with E-state index in [1.165, 1.54) is 18.2 Å². The molecule has 0 fully saturated rings. The Balaban J connectivity index is 1.51. The number of carboxylic acid groups (broad SMARTS) is 1. The van der Waals surface area contributed by atoms with Gasteiger partial charge in [0, 0.05) is 23.7 Å². The first-order valence-electron chi connectivity index (χ1n) is 11.9. The molecule has 6 heteroatoms. The molecule has 1 atom stereocenters. The van der Waals surface area contributed by atoms with Crippen molar-refractivity contribution in [3.8, 4) is 11.1 Å². The normalized spacial score (nSPS) is 17.0. The van der Waals surface area contributed by atoms with Crippen LogP contribution in [-0.4, -0.2) is 39.4 Å². The Kier molecular flexibility index (Phi) is 7.60. The minimum Gasteiger partial charge on any atom is -0.476 e. The summed E-state index contributed by atoms with van der Waals surface area (Å²) in [7, 11) is 0. The summed E-state index contributed by atoms with van der Waals surface area (Å²) in [5.41, 5.74) is 3.97. The van der Waals surface area contributed by atoms with Crippen molar-refractivity contribution in [3.63, 3.8) is 0 Å². The topological polar surface area (TPSA) is 74.9 Å². The largest absolute Gasteiger partial charge is 0.476 e. The van der Waals surface area contributed by atoms with Crippen LogP contribution in [0.3, 0.4) is 0 Å². The van der Waals surface area contributed by atoms with E-state index in [0.29, 0.717) is 10.2 Å². The van der Waals surface area contributed by atoms with Crippen LogP contribution in [0.5, 0.6) is 0 Å². The van der Waals surface area contributed by atoms with Crippen LogP contribution < -0.4 is 0 Å². The van der Waals surface area contributed by atoms with Gasteiger partial charge in [-0.25, -0.2) is 9.78 Å². The van der Waals surface area contributed by atoms with Crippen LogP contribution >= 0.6 is 0 Å². The number of aliphatic imine (C=N–C) groups is 1. The third-order valence-corrected chi connectivity index (χ3v) is 6.10. The third-order valence-electron chi connectivity index (χ3n) is 6.10. The van der Waals surface area contributed by atoms with Gasteiger partial charge in [0.25, 0.3) is 0 Å². The second-order valence-electron chi connectivity index (χ2n) is 8.72. The smallest absolute Gasteiger partial charge is 0.355 e. The van der Waals surface area contributed by atoms with Gasteiger partial charge >= 0.3 is 5.97 Å². The second-order valence-corrected chi connectivity index (χ2v) is 8.72. The maximum Gasteiger partial charge on any atom is 0.355 e. The zero-order valence-electron chi connectivity index (χ0n) is 19.6. The van der Waals surface area contributed by atoms with Crippen LogP contribution in [0, 0.1) is 0 Å². The molecule has 1 N–H and O–H groups in total. The molecule has 1 aliphatic rings. The van der Waals surface area contributed by atoms with Crippen molar-refractivity contribution in [1.29, 1.82) is 0 Å². The molecule has 0 saturated carbocycles.